The molecule has 5 heteroatoms. The van der Waals surface area contributed by atoms with E-state index in [2.05, 4.69) is 18.7 Å². The summed E-state index contributed by atoms with van der Waals surface area (Å²) in [5, 5.41) is 10.2. The van der Waals surface area contributed by atoms with Crippen LogP contribution in [0.15, 0.2) is 45.6 Å². The molecule has 0 aliphatic rings. The van der Waals surface area contributed by atoms with E-state index in [4.69, 9.17) is 13.6 Å². The van der Waals surface area contributed by atoms with Crippen molar-refractivity contribution in [2.24, 2.45) is 5.92 Å². The van der Waals surface area contributed by atoms with Gasteiger partial charge in [-0.3, -0.25) is 4.90 Å². The van der Waals surface area contributed by atoms with E-state index in [1.165, 1.54) is 0 Å². The van der Waals surface area contributed by atoms with Gasteiger partial charge in [0.2, 0.25) is 0 Å². The third kappa shape index (κ3) is 6.05. The molecule has 2 heterocycles. The van der Waals surface area contributed by atoms with E-state index in [1.54, 1.807) is 12.5 Å². The van der Waals surface area contributed by atoms with E-state index in [-0.39, 0.29) is 0 Å². The van der Waals surface area contributed by atoms with Crippen LogP contribution in [0.4, 0.5) is 0 Å². The van der Waals surface area contributed by atoms with Crippen molar-refractivity contribution in [3.05, 3.63) is 48.3 Å². The van der Waals surface area contributed by atoms with E-state index in [0.29, 0.717) is 38.8 Å². The minimum Gasteiger partial charge on any atom is -0.468 e. The maximum atomic E-state index is 10.2. The fourth-order valence-corrected chi connectivity index (χ4v) is 2.22. The van der Waals surface area contributed by atoms with E-state index in [1.807, 2.05) is 24.3 Å². The second kappa shape index (κ2) is 8.78. The zero-order valence-corrected chi connectivity index (χ0v) is 13.3. The summed E-state index contributed by atoms with van der Waals surface area (Å²) in [7, 11) is 0. The number of furan rings is 2. The third-order valence-corrected chi connectivity index (χ3v) is 3.15. The molecule has 0 saturated heterocycles. The van der Waals surface area contributed by atoms with Gasteiger partial charge in [0.1, 0.15) is 11.5 Å². The SMILES string of the molecule is CC(C)COCC(O)CN(Cc1ccco1)Cc1ccco1. The highest BCUT2D eigenvalue weighted by molar-refractivity contribution is 5.01. The molecule has 122 valence electrons. The maximum absolute atomic E-state index is 10.2. The van der Waals surface area contributed by atoms with E-state index >= 15 is 0 Å². The molecular formula is C17H25NO4. The fraction of sp³-hybridized carbons (Fsp3) is 0.529. The molecule has 5 nitrogen and oxygen atoms in total. The van der Waals surface area contributed by atoms with Gasteiger partial charge in [0, 0.05) is 13.2 Å². The van der Waals surface area contributed by atoms with Crippen LogP contribution in [-0.4, -0.2) is 35.9 Å². The molecular weight excluding hydrogens is 282 g/mol. The summed E-state index contributed by atoms with van der Waals surface area (Å²) in [6, 6.07) is 7.58. The number of rotatable bonds is 10. The van der Waals surface area contributed by atoms with Crippen LogP contribution in [-0.2, 0) is 17.8 Å². The first-order valence-electron chi connectivity index (χ1n) is 7.66. The van der Waals surface area contributed by atoms with Crippen LogP contribution in [0.5, 0.6) is 0 Å². The number of ether oxygens (including phenoxy) is 1. The van der Waals surface area contributed by atoms with Gasteiger partial charge in [0.15, 0.2) is 0 Å². The Kier molecular flexibility index (Phi) is 6.71. The molecule has 2 aromatic heterocycles. The number of hydrogen-bond donors (Lipinski definition) is 1. The van der Waals surface area contributed by atoms with Gasteiger partial charge in [-0.25, -0.2) is 0 Å². The van der Waals surface area contributed by atoms with Gasteiger partial charge >= 0.3 is 0 Å². The van der Waals surface area contributed by atoms with Crippen LogP contribution in [0.25, 0.3) is 0 Å². The van der Waals surface area contributed by atoms with Crippen molar-refractivity contribution in [3.8, 4) is 0 Å². The lowest BCUT2D eigenvalue weighted by molar-refractivity contribution is 0.00362. The van der Waals surface area contributed by atoms with Crippen LogP contribution in [0, 0.1) is 5.92 Å². The molecule has 0 radical (unpaired) electrons. The van der Waals surface area contributed by atoms with E-state index in [9.17, 15) is 5.11 Å². The largest absolute Gasteiger partial charge is 0.468 e. The first kappa shape index (κ1) is 16.8. The van der Waals surface area contributed by atoms with Crippen LogP contribution < -0.4 is 0 Å². The Morgan fingerprint density at radius 3 is 2.09 bits per heavy atom. The normalized spacial score (nSPS) is 13.1. The molecule has 0 aromatic carbocycles. The van der Waals surface area contributed by atoms with Gasteiger partial charge in [0.25, 0.3) is 0 Å². The highest BCUT2D eigenvalue weighted by atomic mass is 16.5. The Bertz CT molecular complexity index is 456. The molecule has 0 aliphatic carbocycles. The second-order valence-electron chi connectivity index (χ2n) is 5.91. The van der Waals surface area contributed by atoms with Crippen LogP contribution in [0.3, 0.4) is 0 Å². The summed E-state index contributed by atoms with van der Waals surface area (Å²) in [5.41, 5.74) is 0. The van der Waals surface area contributed by atoms with Crippen molar-refractivity contribution in [1.82, 2.24) is 4.90 Å². The highest BCUT2D eigenvalue weighted by Gasteiger charge is 2.15. The van der Waals surface area contributed by atoms with Crippen molar-refractivity contribution < 1.29 is 18.7 Å². The zero-order chi connectivity index (χ0) is 15.8. The molecule has 2 rings (SSSR count). The van der Waals surface area contributed by atoms with Gasteiger partial charge in [0.05, 0.1) is 38.3 Å². The Hall–Kier alpha value is -1.56. The van der Waals surface area contributed by atoms with Gasteiger partial charge in [-0.2, -0.15) is 0 Å². The van der Waals surface area contributed by atoms with Gasteiger partial charge in [-0.15, -0.1) is 0 Å². The molecule has 0 saturated carbocycles. The molecule has 1 atom stereocenters. The molecule has 0 fully saturated rings. The van der Waals surface area contributed by atoms with Crippen molar-refractivity contribution in [2.45, 2.75) is 33.0 Å². The standard InChI is InChI=1S/C17H25NO4/c1-14(2)12-20-13-15(19)9-18(10-16-5-3-7-21-16)11-17-6-4-8-22-17/h3-8,14-15,19H,9-13H2,1-2H3. The summed E-state index contributed by atoms with van der Waals surface area (Å²) in [5.74, 6) is 2.19. The van der Waals surface area contributed by atoms with Crippen molar-refractivity contribution in [2.75, 3.05) is 19.8 Å². The smallest absolute Gasteiger partial charge is 0.117 e. The lowest BCUT2D eigenvalue weighted by Gasteiger charge is -2.23. The third-order valence-electron chi connectivity index (χ3n) is 3.15. The summed E-state index contributed by atoms with van der Waals surface area (Å²) in [4.78, 5) is 2.08. The first-order valence-corrected chi connectivity index (χ1v) is 7.66. The van der Waals surface area contributed by atoms with Crippen molar-refractivity contribution in [3.63, 3.8) is 0 Å². The predicted molar refractivity (Wildman–Crippen MR) is 83.2 cm³/mol. The van der Waals surface area contributed by atoms with Crippen LogP contribution >= 0.6 is 0 Å². The molecule has 0 aliphatic heterocycles. The number of hydrogen-bond acceptors (Lipinski definition) is 5. The van der Waals surface area contributed by atoms with Crippen LogP contribution in [0.1, 0.15) is 25.4 Å². The Morgan fingerprint density at radius 2 is 1.64 bits per heavy atom. The van der Waals surface area contributed by atoms with Crippen LogP contribution in [0.2, 0.25) is 0 Å². The Labute approximate surface area is 131 Å². The van der Waals surface area contributed by atoms with E-state index < -0.39 is 6.10 Å². The average Bonchev–Trinajstić information content (AvgIpc) is 3.11. The number of nitrogens with zero attached hydrogens (tertiary/aromatic N) is 1. The zero-order valence-electron chi connectivity index (χ0n) is 13.3. The Balaban J connectivity index is 1.86. The molecule has 0 spiro atoms. The maximum Gasteiger partial charge on any atom is 0.117 e. The Morgan fingerprint density at radius 1 is 1.05 bits per heavy atom. The van der Waals surface area contributed by atoms with Gasteiger partial charge < -0.3 is 18.7 Å². The summed E-state index contributed by atoms with van der Waals surface area (Å²) in [6.45, 7) is 6.92. The minimum absolute atomic E-state index is 0.338. The fourth-order valence-electron chi connectivity index (χ4n) is 2.22. The molecule has 0 bridgehead atoms. The number of aliphatic hydroxyl groups excluding tert-OH is 1. The second-order valence-corrected chi connectivity index (χ2v) is 5.91. The minimum atomic E-state index is -0.538. The van der Waals surface area contributed by atoms with Crippen molar-refractivity contribution >= 4 is 0 Å². The molecule has 1 unspecified atom stereocenters. The first-order chi connectivity index (χ1) is 10.6. The topological polar surface area (TPSA) is 59.0 Å². The highest BCUT2D eigenvalue weighted by Crippen LogP contribution is 2.12. The van der Waals surface area contributed by atoms with Gasteiger partial charge in [-0.05, 0) is 30.2 Å². The predicted octanol–water partition coefficient (Wildman–Crippen LogP) is 2.91. The molecule has 1 N–H and O–H groups in total. The molecule has 0 amide bonds. The molecule has 2 aromatic rings. The monoisotopic (exact) mass is 307 g/mol. The lowest BCUT2D eigenvalue weighted by atomic mass is 10.2. The summed E-state index contributed by atoms with van der Waals surface area (Å²) < 4.78 is 16.3. The quantitative estimate of drug-likeness (QED) is 0.731. The van der Waals surface area contributed by atoms with E-state index in [0.717, 1.165) is 11.5 Å². The lowest BCUT2D eigenvalue weighted by Crippen LogP contribution is -2.34. The molecule has 22 heavy (non-hydrogen) atoms. The summed E-state index contributed by atoms with van der Waals surface area (Å²) in [6.07, 6.45) is 2.77. The van der Waals surface area contributed by atoms with Crippen molar-refractivity contribution in [1.29, 1.82) is 0 Å². The van der Waals surface area contributed by atoms with Gasteiger partial charge in [-0.1, -0.05) is 13.8 Å². The number of aliphatic hydroxyl groups is 1. The summed E-state index contributed by atoms with van der Waals surface area (Å²) >= 11 is 0. The average molecular weight is 307 g/mol.